The topological polar surface area (TPSA) is 95.7 Å². The summed E-state index contributed by atoms with van der Waals surface area (Å²) in [6.45, 7) is 4.87. The van der Waals surface area contributed by atoms with Crippen LogP contribution in [0.5, 0.6) is 0 Å². The van der Waals surface area contributed by atoms with Crippen LogP contribution in [0, 0.1) is 5.92 Å². The van der Waals surface area contributed by atoms with E-state index in [1.54, 1.807) is 12.3 Å². The van der Waals surface area contributed by atoms with Gasteiger partial charge in [0, 0.05) is 49.6 Å². The maximum atomic E-state index is 13.1. The van der Waals surface area contributed by atoms with Crippen LogP contribution in [0.3, 0.4) is 0 Å². The van der Waals surface area contributed by atoms with Gasteiger partial charge in [0.25, 0.3) is 17.9 Å². The Morgan fingerprint density at radius 1 is 1.20 bits per heavy atom. The Balaban J connectivity index is 0.000000687. The predicted molar refractivity (Wildman–Crippen MR) is 113 cm³/mol. The first-order valence-corrected chi connectivity index (χ1v) is 11.1. The van der Waals surface area contributed by atoms with Gasteiger partial charge in [-0.2, -0.15) is 0 Å². The second-order valence-electron chi connectivity index (χ2n) is 8.17. The van der Waals surface area contributed by atoms with Crippen LogP contribution in [0.15, 0.2) is 29.2 Å². The number of fused-ring (bicyclic) bond motifs is 4. The van der Waals surface area contributed by atoms with E-state index in [-0.39, 0.29) is 23.9 Å². The molecule has 0 saturated carbocycles. The van der Waals surface area contributed by atoms with Gasteiger partial charge in [0.2, 0.25) is 0 Å². The fraction of sp³-hybridized carbons (Fsp3) is 0.524. The average Bonchev–Trinajstić information content (AvgIpc) is 3.45. The lowest BCUT2D eigenvalue weighted by Crippen LogP contribution is -2.49. The molecule has 5 heterocycles. The Morgan fingerprint density at radius 2 is 1.97 bits per heavy atom. The van der Waals surface area contributed by atoms with E-state index in [2.05, 4.69) is 15.3 Å². The molecular formula is C21H26N4O4S. The zero-order valence-electron chi connectivity index (χ0n) is 16.8. The van der Waals surface area contributed by atoms with E-state index in [0.29, 0.717) is 17.3 Å². The highest BCUT2D eigenvalue weighted by molar-refractivity contribution is 7.08. The average molecular weight is 431 g/mol. The number of aromatic nitrogens is 2. The number of rotatable bonds is 3. The minimum atomic E-state index is -0.250. The summed E-state index contributed by atoms with van der Waals surface area (Å²) in [4.78, 5) is 39.2. The summed E-state index contributed by atoms with van der Waals surface area (Å²) in [5, 5.41) is 6.89. The quantitative estimate of drug-likeness (QED) is 0.747. The Kier molecular flexibility index (Phi) is 6.29. The molecular weight excluding hydrogens is 404 g/mol. The summed E-state index contributed by atoms with van der Waals surface area (Å²) >= 11 is 1.26. The van der Waals surface area contributed by atoms with Crippen molar-refractivity contribution in [2.75, 3.05) is 26.2 Å². The first-order chi connectivity index (χ1) is 14.6. The van der Waals surface area contributed by atoms with Crippen molar-refractivity contribution in [1.29, 1.82) is 0 Å². The van der Waals surface area contributed by atoms with Gasteiger partial charge in [-0.15, -0.1) is 0 Å². The summed E-state index contributed by atoms with van der Waals surface area (Å²) in [6.07, 6.45) is 5.22. The van der Waals surface area contributed by atoms with Gasteiger partial charge in [-0.3, -0.25) is 19.3 Å². The second-order valence-corrected chi connectivity index (χ2v) is 9.01. The standard InChI is InChI=1S/C20H24N4O2S.CH2O2/c25-19-15(12-22-7-1-2-8-22)3-4-17-16-9-14(11-24(17)19)10-23(13-16)20(26)18-5-6-21-27-18;2-1-3/h3-6,14,16H,1-2,7-13H2;1H,(H,2,3)/t14-,16+;/m0./s1. The molecule has 5 rings (SSSR count). The van der Waals surface area contributed by atoms with E-state index in [1.165, 1.54) is 24.4 Å². The number of hydrogen-bond acceptors (Lipinski definition) is 6. The maximum Gasteiger partial charge on any atom is 0.290 e. The summed E-state index contributed by atoms with van der Waals surface area (Å²) in [6, 6.07) is 5.95. The summed E-state index contributed by atoms with van der Waals surface area (Å²) < 4.78 is 6.05. The van der Waals surface area contributed by atoms with Crippen molar-refractivity contribution >= 4 is 23.9 Å². The molecule has 30 heavy (non-hydrogen) atoms. The van der Waals surface area contributed by atoms with Crippen LogP contribution in [0.4, 0.5) is 0 Å². The van der Waals surface area contributed by atoms with Crippen molar-refractivity contribution < 1.29 is 14.7 Å². The lowest BCUT2D eigenvalue weighted by Gasteiger charge is -2.42. The largest absolute Gasteiger partial charge is 0.483 e. The Morgan fingerprint density at radius 3 is 2.67 bits per heavy atom. The molecule has 160 valence electrons. The first kappa shape index (κ1) is 20.7. The number of amides is 1. The molecule has 2 fully saturated rings. The van der Waals surface area contributed by atoms with Crippen LogP contribution in [0.2, 0.25) is 0 Å². The third-order valence-electron chi connectivity index (χ3n) is 6.21. The Labute approximate surface area is 178 Å². The Hall–Kier alpha value is -2.52. The minimum absolute atomic E-state index is 0.0775. The third-order valence-corrected chi connectivity index (χ3v) is 6.95. The molecule has 2 bridgehead atoms. The number of piperidine rings is 1. The van der Waals surface area contributed by atoms with E-state index < -0.39 is 0 Å². The fourth-order valence-corrected chi connectivity index (χ4v) is 5.50. The van der Waals surface area contributed by atoms with Crippen molar-refractivity contribution in [2.45, 2.75) is 38.3 Å². The van der Waals surface area contributed by atoms with E-state index in [0.717, 1.165) is 50.4 Å². The molecule has 0 spiro atoms. The molecule has 8 nitrogen and oxygen atoms in total. The third kappa shape index (κ3) is 4.17. The van der Waals surface area contributed by atoms with Crippen molar-refractivity contribution in [3.8, 4) is 0 Å². The minimum Gasteiger partial charge on any atom is -0.483 e. The number of carbonyl (C=O) groups is 2. The monoisotopic (exact) mass is 430 g/mol. The zero-order valence-corrected chi connectivity index (χ0v) is 17.6. The molecule has 2 atom stereocenters. The van der Waals surface area contributed by atoms with Crippen molar-refractivity contribution in [3.63, 3.8) is 0 Å². The van der Waals surface area contributed by atoms with Gasteiger partial charge >= 0.3 is 0 Å². The molecule has 3 aliphatic rings. The molecule has 0 aromatic carbocycles. The van der Waals surface area contributed by atoms with Crippen LogP contribution >= 0.6 is 11.5 Å². The number of hydrogen-bond donors (Lipinski definition) is 1. The van der Waals surface area contributed by atoms with Gasteiger partial charge in [0.05, 0.1) is 0 Å². The van der Waals surface area contributed by atoms with Crippen molar-refractivity contribution in [1.82, 2.24) is 18.7 Å². The molecule has 0 unspecified atom stereocenters. The lowest BCUT2D eigenvalue weighted by molar-refractivity contribution is -0.122. The molecule has 1 N–H and O–H groups in total. The molecule has 2 saturated heterocycles. The number of carboxylic acid groups (broad SMARTS) is 1. The normalized spacial score (nSPS) is 22.7. The highest BCUT2D eigenvalue weighted by Gasteiger charge is 2.37. The van der Waals surface area contributed by atoms with E-state index >= 15 is 0 Å². The number of carbonyl (C=O) groups excluding carboxylic acids is 1. The predicted octanol–water partition coefficient (Wildman–Crippen LogP) is 1.86. The van der Waals surface area contributed by atoms with Gasteiger partial charge in [0.15, 0.2) is 0 Å². The highest BCUT2D eigenvalue weighted by Crippen LogP contribution is 2.36. The molecule has 2 aromatic heterocycles. The van der Waals surface area contributed by atoms with Crippen LogP contribution in [-0.4, -0.2) is 62.4 Å². The van der Waals surface area contributed by atoms with E-state index in [1.807, 2.05) is 15.5 Å². The summed E-state index contributed by atoms with van der Waals surface area (Å²) in [7, 11) is 0. The fourth-order valence-electron chi connectivity index (χ4n) is 4.94. The summed E-state index contributed by atoms with van der Waals surface area (Å²) in [5.41, 5.74) is 2.19. The van der Waals surface area contributed by atoms with Gasteiger partial charge < -0.3 is 14.6 Å². The summed E-state index contributed by atoms with van der Waals surface area (Å²) in [5.74, 6) is 0.685. The van der Waals surface area contributed by atoms with Gasteiger partial charge in [0.1, 0.15) is 4.88 Å². The van der Waals surface area contributed by atoms with E-state index in [9.17, 15) is 9.59 Å². The van der Waals surface area contributed by atoms with Crippen LogP contribution in [0.1, 0.15) is 46.1 Å². The van der Waals surface area contributed by atoms with Gasteiger partial charge in [-0.1, -0.05) is 6.07 Å². The van der Waals surface area contributed by atoms with Crippen LogP contribution in [-0.2, 0) is 17.9 Å². The molecule has 1 amide bonds. The van der Waals surface area contributed by atoms with Crippen molar-refractivity contribution in [2.24, 2.45) is 5.92 Å². The highest BCUT2D eigenvalue weighted by atomic mass is 32.1. The van der Waals surface area contributed by atoms with Crippen LogP contribution < -0.4 is 5.56 Å². The molecule has 0 aliphatic carbocycles. The maximum absolute atomic E-state index is 13.1. The number of likely N-dealkylation sites (tertiary alicyclic amines) is 2. The molecule has 9 heteroatoms. The number of pyridine rings is 1. The Bertz CT molecular complexity index is 952. The van der Waals surface area contributed by atoms with Crippen LogP contribution in [0.25, 0.3) is 0 Å². The smallest absolute Gasteiger partial charge is 0.290 e. The zero-order chi connectivity index (χ0) is 21.1. The number of nitrogens with zero attached hydrogens (tertiary/aromatic N) is 4. The SMILES string of the molecule is O=C(c1ccns1)N1C[C@@H]2C[C@H](C1)c1ccc(CN3CCCC3)c(=O)n1C2.O=CO. The van der Waals surface area contributed by atoms with Crippen molar-refractivity contribution in [3.05, 3.63) is 50.9 Å². The van der Waals surface area contributed by atoms with Gasteiger partial charge in [-0.25, -0.2) is 4.37 Å². The molecule has 2 aromatic rings. The molecule has 3 aliphatic heterocycles. The second kappa shape index (κ2) is 9.09. The first-order valence-electron chi connectivity index (χ1n) is 10.3. The lowest BCUT2D eigenvalue weighted by atomic mass is 9.83. The van der Waals surface area contributed by atoms with E-state index in [4.69, 9.17) is 9.90 Å². The molecule has 0 radical (unpaired) electrons. The van der Waals surface area contributed by atoms with Gasteiger partial charge in [-0.05, 0) is 61.9 Å².